The Labute approximate surface area is 276 Å². The third-order valence-electron chi connectivity index (χ3n) is 8.05. The number of aromatic nitrogens is 2. The Bertz CT molecular complexity index is 1930. The van der Waals surface area contributed by atoms with Crippen LogP contribution in [0, 0.1) is 24.0 Å². The topological polar surface area (TPSA) is 124 Å². The third kappa shape index (κ3) is 6.36. The molecule has 3 aromatic carbocycles. The van der Waals surface area contributed by atoms with Crippen molar-refractivity contribution in [1.29, 1.82) is 0 Å². The lowest BCUT2D eigenvalue weighted by atomic mass is 9.96. The normalized spacial score (nSPS) is 15.6. The second-order valence-electron chi connectivity index (χ2n) is 11.0. The number of nitro groups is 1. The molecule has 0 aliphatic carbocycles. The molecule has 0 radical (unpaired) electrons. The Morgan fingerprint density at radius 3 is 2.43 bits per heavy atom. The number of amides is 1. The number of pyridine rings is 1. The number of methoxy groups -OCH3 is 1. The number of aryl methyl sites for hydroxylation is 1. The number of anilines is 2. The third-order valence-corrected chi connectivity index (χ3v) is 8.36. The lowest BCUT2D eigenvalue weighted by molar-refractivity contribution is -0.384. The van der Waals surface area contributed by atoms with Crippen LogP contribution in [0.1, 0.15) is 34.7 Å². The van der Waals surface area contributed by atoms with Gasteiger partial charge in [0.1, 0.15) is 17.2 Å². The van der Waals surface area contributed by atoms with Gasteiger partial charge in [-0.1, -0.05) is 24.3 Å². The van der Waals surface area contributed by atoms with Crippen molar-refractivity contribution in [3.63, 3.8) is 0 Å². The van der Waals surface area contributed by atoms with E-state index in [1.807, 2.05) is 90.0 Å². The van der Waals surface area contributed by atoms with E-state index in [0.717, 1.165) is 28.3 Å². The molecule has 6 rings (SSSR count). The first-order chi connectivity index (χ1) is 22.7. The smallest absolute Gasteiger partial charge is 0.296 e. The Kier molecular flexibility index (Phi) is 8.85. The molecule has 238 valence electrons. The van der Waals surface area contributed by atoms with Gasteiger partial charge in [0.2, 0.25) is 0 Å². The number of carbonyl (C=O) groups is 1. The molecule has 1 amide bonds. The van der Waals surface area contributed by atoms with Crippen LogP contribution < -0.4 is 25.0 Å². The van der Waals surface area contributed by atoms with Crippen molar-refractivity contribution in [2.75, 3.05) is 23.9 Å². The maximum atomic E-state index is 12.6. The van der Waals surface area contributed by atoms with Crippen molar-refractivity contribution >= 4 is 40.3 Å². The minimum atomic E-state index is -0.403. The molecule has 0 spiro atoms. The molecule has 1 aliphatic rings. The van der Waals surface area contributed by atoms with Crippen molar-refractivity contribution in [2.45, 2.75) is 25.9 Å². The maximum Gasteiger partial charge on any atom is 0.296 e. The van der Waals surface area contributed by atoms with Crippen molar-refractivity contribution in [3.8, 4) is 17.2 Å². The highest BCUT2D eigenvalue weighted by Crippen LogP contribution is 2.44. The highest BCUT2D eigenvalue weighted by molar-refractivity contribution is 7.80. The number of benzene rings is 3. The molecule has 2 N–H and O–H groups in total. The van der Waals surface area contributed by atoms with Gasteiger partial charge in [-0.2, -0.15) is 0 Å². The summed E-state index contributed by atoms with van der Waals surface area (Å²) in [6, 6.07) is 28.5. The van der Waals surface area contributed by atoms with E-state index in [0.29, 0.717) is 28.0 Å². The van der Waals surface area contributed by atoms with Gasteiger partial charge in [-0.15, -0.1) is 0 Å². The Balaban J connectivity index is 1.34. The number of nitrogens with zero attached hydrogens (tertiary/aromatic N) is 4. The van der Waals surface area contributed by atoms with Gasteiger partial charge in [0.05, 0.1) is 35.9 Å². The predicted octanol–water partition coefficient (Wildman–Crippen LogP) is 6.60. The summed E-state index contributed by atoms with van der Waals surface area (Å²) in [5.41, 5.74) is 5.13. The first-order valence-electron chi connectivity index (χ1n) is 14.8. The molecule has 1 aliphatic heterocycles. The molecule has 47 heavy (non-hydrogen) atoms. The van der Waals surface area contributed by atoms with Gasteiger partial charge < -0.3 is 29.6 Å². The summed E-state index contributed by atoms with van der Waals surface area (Å²) in [7, 11) is 1.48. The Morgan fingerprint density at radius 1 is 1.00 bits per heavy atom. The number of hydrogen-bond acceptors (Lipinski definition) is 7. The van der Waals surface area contributed by atoms with Gasteiger partial charge in [-0.3, -0.25) is 19.9 Å². The number of hydrogen-bond donors (Lipinski definition) is 2. The van der Waals surface area contributed by atoms with Crippen LogP contribution in [0.3, 0.4) is 0 Å². The van der Waals surface area contributed by atoms with Crippen molar-refractivity contribution < 1.29 is 19.2 Å². The fourth-order valence-electron chi connectivity index (χ4n) is 5.94. The SMILES string of the molecule is COc1ccc(-n2c(C)cc([C@@H]3[C@@H](c4ccccn4)NC(=S)N3c3ccc(NC(=O)COc4ccccc4)cc3)c2C)c([N+](=O)[O-])c1. The lowest BCUT2D eigenvalue weighted by Crippen LogP contribution is -2.29. The number of rotatable bonds is 10. The summed E-state index contributed by atoms with van der Waals surface area (Å²) in [5.74, 6) is 0.730. The standard InChI is InChI=1S/C35H32N6O5S/c1-22-19-28(23(2)39(22)30-17-16-27(45-3)20-31(30)41(43)44)34-33(29-11-7-8-18-36-29)38-35(47)40(34)25-14-12-24(13-15-25)37-32(42)21-46-26-9-5-4-6-10-26/h4-20,33-34H,21H2,1-3H3,(H,37,42)(H,38,47)/t33-,34-/m1/s1. The van der Waals surface area contributed by atoms with E-state index in [9.17, 15) is 14.9 Å². The molecule has 1 fully saturated rings. The van der Waals surface area contributed by atoms with Crippen molar-refractivity contribution in [1.82, 2.24) is 14.9 Å². The minimum Gasteiger partial charge on any atom is -0.496 e. The van der Waals surface area contributed by atoms with Crippen LogP contribution in [0.5, 0.6) is 11.5 Å². The average Bonchev–Trinajstić information content (AvgIpc) is 3.58. The first kappa shape index (κ1) is 31.2. The van der Waals surface area contributed by atoms with Gasteiger partial charge in [0.15, 0.2) is 11.7 Å². The highest BCUT2D eigenvalue weighted by Gasteiger charge is 2.42. The zero-order valence-corrected chi connectivity index (χ0v) is 26.7. The number of carbonyl (C=O) groups excluding carboxylic acids is 1. The molecule has 12 heteroatoms. The Hall–Kier alpha value is -5.75. The monoisotopic (exact) mass is 648 g/mol. The van der Waals surface area contributed by atoms with E-state index < -0.39 is 4.92 Å². The van der Waals surface area contributed by atoms with E-state index >= 15 is 0 Å². The second-order valence-corrected chi connectivity index (χ2v) is 11.4. The van der Waals surface area contributed by atoms with Crippen molar-refractivity contribution in [2.24, 2.45) is 0 Å². The summed E-state index contributed by atoms with van der Waals surface area (Å²) >= 11 is 5.91. The molecule has 5 aromatic rings. The van der Waals surface area contributed by atoms with E-state index in [1.165, 1.54) is 13.2 Å². The number of para-hydroxylation sites is 1. The molecule has 2 atom stereocenters. The van der Waals surface area contributed by atoms with Crippen LogP contribution in [0.15, 0.2) is 103 Å². The lowest BCUT2D eigenvalue weighted by Gasteiger charge is -2.28. The van der Waals surface area contributed by atoms with E-state index in [4.69, 9.17) is 21.7 Å². The maximum absolute atomic E-state index is 12.6. The Morgan fingerprint density at radius 2 is 1.74 bits per heavy atom. The molecular weight excluding hydrogens is 616 g/mol. The van der Waals surface area contributed by atoms with Crippen LogP contribution in [0.25, 0.3) is 5.69 Å². The van der Waals surface area contributed by atoms with E-state index in [1.54, 1.807) is 30.5 Å². The summed E-state index contributed by atoms with van der Waals surface area (Å²) in [5, 5.41) is 19.0. The van der Waals surface area contributed by atoms with Gasteiger partial charge in [0.25, 0.3) is 11.6 Å². The zero-order chi connectivity index (χ0) is 33.1. The minimum absolute atomic E-state index is 0.0669. The van der Waals surface area contributed by atoms with Gasteiger partial charge in [-0.05, 0) is 98.4 Å². The van der Waals surface area contributed by atoms with Crippen molar-refractivity contribution in [3.05, 3.63) is 136 Å². The zero-order valence-electron chi connectivity index (χ0n) is 25.9. The molecule has 3 heterocycles. The summed E-state index contributed by atoms with van der Waals surface area (Å²) in [4.78, 5) is 31.0. The molecular formula is C35H32N6O5S. The molecule has 0 unspecified atom stereocenters. The van der Waals surface area contributed by atoms with Crippen LogP contribution in [0.4, 0.5) is 17.1 Å². The van der Waals surface area contributed by atoms with Gasteiger partial charge in [-0.25, -0.2) is 0 Å². The van der Waals surface area contributed by atoms with Gasteiger partial charge in [0, 0.05) is 29.0 Å². The fourth-order valence-corrected chi connectivity index (χ4v) is 6.29. The number of ether oxygens (including phenoxy) is 2. The largest absolute Gasteiger partial charge is 0.496 e. The summed E-state index contributed by atoms with van der Waals surface area (Å²) < 4.78 is 12.7. The average molecular weight is 649 g/mol. The van der Waals surface area contributed by atoms with E-state index in [2.05, 4.69) is 15.6 Å². The second kappa shape index (κ2) is 13.3. The summed E-state index contributed by atoms with van der Waals surface area (Å²) in [6.45, 7) is 3.74. The van der Waals surface area contributed by atoms with E-state index in [-0.39, 0.29) is 30.3 Å². The van der Waals surface area contributed by atoms with Crippen LogP contribution in [0.2, 0.25) is 0 Å². The number of nitrogens with one attached hydrogen (secondary N) is 2. The molecule has 11 nitrogen and oxygen atoms in total. The predicted molar refractivity (Wildman–Crippen MR) is 183 cm³/mol. The van der Waals surface area contributed by atoms with Gasteiger partial charge >= 0.3 is 0 Å². The summed E-state index contributed by atoms with van der Waals surface area (Å²) in [6.07, 6.45) is 1.74. The molecule has 1 saturated heterocycles. The van der Waals surface area contributed by atoms with Crippen LogP contribution in [-0.2, 0) is 4.79 Å². The quantitative estimate of drug-likeness (QED) is 0.0979. The number of thiocarbonyl (C=S) groups is 1. The van der Waals surface area contributed by atoms with Crippen LogP contribution >= 0.6 is 12.2 Å². The molecule has 2 aromatic heterocycles. The molecule has 0 saturated carbocycles. The molecule has 0 bridgehead atoms. The fraction of sp³-hybridized carbons (Fsp3) is 0.171. The first-order valence-corrected chi connectivity index (χ1v) is 15.3. The van der Waals surface area contributed by atoms with Crippen LogP contribution in [-0.4, -0.2) is 39.2 Å². The number of nitro benzene ring substituents is 1. The highest BCUT2D eigenvalue weighted by atomic mass is 32.1.